The molecule has 0 atom stereocenters. The minimum Gasteiger partial charge on any atom is -0.291 e. The first-order valence-corrected chi connectivity index (χ1v) is 5.35. The van der Waals surface area contributed by atoms with Crippen LogP contribution in [0, 0.1) is 0 Å². The molecule has 0 bridgehead atoms. The average molecular weight is 203 g/mol. The van der Waals surface area contributed by atoms with E-state index in [4.69, 9.17) is 0 Å². The number of aryl methyl sites for hydroxylation is 1. The van der Waals surface area contributed by atoms with Gasteiger partial charge in [-0.25, -0.2) is 9.97 Å². The molecule has 0 saturated carbocycles. The Balaban J connectivity index is 2.70. The van der Waals surface area contributed by atoms with Crippen LogP contribution in [0.2, 0.25) is 0 Å². The molecule has 0 amide bonds. The van der Waals surface area contributed by atoms with Gasteiger partial charge in [-0.05, 0) is 17.4 Å². The summed E-state index contributed by atoms with van der Waals surface area (Å²) in [4.78, 5) is 8.77. The highest BCUT2D eigenvalue weighted by Gasteiger charge is 2.19. The van der Waals surface area contributed by atoms with Crippen molar-refractivity contribution in [2.75, 3.05) is 0 Å². The summed E-state index contributed by atoms with van der Waals surface area (Å²) in [5.41, 5.74) is 2.59. The summed E-state index contributed by atoms with van der Waals surface area (Å²) < 4.78 is 1.99. The van der Waals surface area contributed by atoms with Gasteiger partial charge in [-0.1, -0.05) is 27.7 Å². The van der Waals surface area contributed by atoms with E-state index in [-0.39, 0.29) is 5.41 Å². The first-order valence-electron chi connectivity index (χ1n) is 5.35. The highest BCUT2D eigenvalue weighted by molar-refractivity contribution is 5.36. The van der Waals surface area contributed by atoms with E-state index in [0.717, 1.165) is 17.9 Å². The van der Waals surface area contributed by atoms with Crippen molar-refractivity contribution in [3.8, 4) is 0 Å². The maximum absolute atomic E-state index is 4.57. The lowest BCUT2D eigenvalue weighted by Crippen LogP contribution is -2.16. The monoisotopic (exact) mass is 203 g/mol. The van der Waals surface area contributed by atoms with Gasteiger partial charge in [-0.3, -0.25) is 4.40 Å². The summed E-state index contributed by atoms with van der Waals surface area (Å²) >= 11 is 0. The zero-order valence-electron chi connectivity index (χ0n) is 9.78. The van der Waals surface area contributed by atoms with Crippen LogP contribution in [-0.2, 0) is 11.8 Å². The molecule has 0 spiro atoms. The molecule has 2 aromatic heterocycles. The SMILES string of the molecule is CCc1nc2nccn2cc1C(C)(C)C. The van der Waals surface area contributed by atoms with Gasteiger partial charge in [0.15, 0.2) is 0 Å². The van der Waals surface area contributed by atoms with E-state index in [2.05, 4.69) is 43.9 Å². The van der Waals surface area contributed by atoms with Gasteiger partial charge in [-0.2, -0.15) is 0 Å². The van der Waals surface area contributed by atoms with Gasteiger partial charge in [0.2, 0.25) is 5.78 Å². The van der Waals surface area contributed by atoms with Crippen LogP contribution in [0.15, 0.2) is 18.6 Å². The fourth-order valence-corrected chi connectivity index (χ4v) is 1.78. The number of hydrogen-bond donors (Lipinski definition) is 0. The maximum Gasteiger partial charge on any atom is 0.233 e. The first-order chi connectivity index (χ1) is 7.02. The Labute approximate surface area is 90.2 Å². The number of imidazole rings is 1. The van der Waals surface area contributed by atoms with E-state index in [1.165, 1.54) is 5.56 Å². The van der Waals surface area contributed by atoms with Crippen molar-refractivity contribution in [1.29, 1.82) is 0 Å². The predicted octanol–water partition coefficient (Wildman–Crippen LogP) is 2.59. The molecular formula is C12H17N3. The molecule has 0 aromatic carbocycles. The van der Waals surface area contributed by atoms with E-state index < -0.39 is 0 Å². The average Bonchev–Trinajstić information content (AvgIpc) is 2.60. The zero-order chi connectivity index (χ0) is 11.1. The quantitative estimate of drug-likeness (QED) is 0.713. The Morgan fingerprint density at radius 1 is 1.33 bits per heavy atom. The van der Waals surface area contributed by atoms with Crippen LogP contribution >= 0.6 is 0 Å². The molecule has 0 fully saturated rings. The van der Waals surface area contributed by atoms with E-state index >= 15 is 0 Å². The standard InChI is InChI=1S/C12H17N3/c1-5-10-9(12(2,3)4)8-15-7-6-13-11(15)14-10/h6-8H,5H2,1-4H3. The zero-order valence-corrected chi connectivity index (χ0v) is 9.78. The topological polar surface area (TPSA) is 30.2 Å². The summed E-state index contributed by atoms with van der Waals surface area (Å²) in [6, 6.07) is 0. The third-order valence-electron chi connectivity index (χ3n) is 2.61. The third-order valence-corrected chi connectivity index (χ3v) is 2.61. The predicted molar refractivity (Wildman–Crippen MR) is 61.1 cm³/mol. The molecule has 0 radical (unpaired) electrons. The minimum atomic E-state index is 0.136. The van der Waals surface area contributed by atoms with E-state index in [1.54, 1.807) is 6.20 Å². The van der Waals surface area contributed by atoms with Crippen molar-refractivity contribution in [1.82, 2.24) is 14.4 Å². The molecule has 0 aliphatic rings. The molecule has 3 nitrogen and oxygen atoms in total. The molecule has 2 heterocycles. The molecular weight excluding hydrogens is 186 g/mol. The Morgan fingerprint density at radius 3 is 2.67 bits per heavy atom. The van der Waals surface area contributed by atoms with Crippen molar-refractivity contribution in [2.45, 2.75) is 39.5 Å². The normalized spacial score (nSPS) is 12.3. The van der Waals surface area contributed by atoms with E-state index in [9.17, 15) is 0 Å². The van der Waals surface area contributed by atoms with Crippen LogP contribution < -0.4 is 0 Å². The van der Waals surface area contributed by atoms with Crippen LogP contribution in [0.3, 0.4) is 0 Å². The summed E-state index contributed by atoms with van der Waals surface area (Å²) in [5.74, 6) is 0.792. The third kappa shape index (κ3) is 1.74. The summed E-state index contributed by atoms with van der Waals surface area (Å²) in [7, 11) is 0. The highest BCUT2D eigenvalue weighted by Crippen LogP contribution is 2.25. The van der Waals surface area contributed by atoms with Gasteiger partial charge >= 0.3 is 0 Å². The lowest BCUT2D eigenvalue weighted by atomic mass is 9.86. The molecule has 0 N–H and O–H groups in total. The lowest BCUT2D eigenvalue weighted by molar-refractivity contribution is 0.574. The molecule has 0 aliphatic heterocycles. The molecule has 0 unspecified atom stereocenters. The smallest absolute Gasteiger partial charge is 0.233 e. The highest BCUT2D eigenvalue weighted by atomic mass is 15.1. The van der Waals surface area contributed by atoms with Crippen molar-refractivity contribution in [2.24, 2.45) is 0 Å². The van der Waals surface area contributed by atoms with Crippen LogP contribution in [0.1, 0.15) is 39.0 Å². The van der Waals surface area contributed by atoms with Crippen LogP contribution in [0.4, 0.5) is 0 Å². The van der Waals surface area contributed by atoms with Crippen LogP contribution in [-0.4, -0.2) is 14.4 Å². The second-order valence-electron chi connectivity index (χ2n) is 4.84. The number of fused-ring (bicyclic) bond motifs is 1. The van der Waals surface area contributed by atoms with Gasteiger partial charge in [0.25, 0.3) is 0 Å². The number of rotatable bonds is 1. The second-order valence-corrected chi connectivity index (χ2v) is 4.84. The molecule has 2 aromatic rings. The maximum atomic E-state index is 4.57. The fourth-order valence-electron chi connectivity index (χ4n) is 1.78. The Kier molecular flexibility index (Phi) is 2.25. The van der Waals surface area contributed by atoms with Gasteiger partial charge in [0.1, 0.15) is 0 Å². The molecule has 2 rings (SSSR count). The van der Waals surface area contributed by atoms with E-state index in [1.807, 2.05) is 10.6 Å². The molecule has 80 valence electrons. The second kappa shape index (κ2) is 3.33. The summed E-state index contributed by atoms with van der Waals surface area (Å²) in [6.07, 6.45) is 6.83. The van der Waals surface area contributed by atoms with Gasteiger partial charge in [0.05, 0.1) is 0 Å². The lowest BCUT2D eigenvalue weighted by Gasteiger charge is -2.21. The number of nitrogens with zero attached hydrogens (tertiary/aromatic N) is 3. The van der Waals surface area contributed by atoms with Crippen molar-refractivity contribution >= 4 is 5.78 Å². The molecule has 15 heavy (non-hydrogen) atoms. The van der Waals surface area contributed by atoms with E-state index in [0.29, 0.717) is 0 Å². The van der Waals surface area contributed by atoms with Crippen LogP contribution in [0.25, 0.3) is 5.78 Å². The summed E-state index contributed by atoms with van der Waals surface area (Å²) in [6.45, 7) is 8.78. The molecule has 0 aliphatic carbocycles. The minimum absolute atomic E-state index is 0.136. The van der Waals surface area contributed by atoms with Crippen LogP contribution in [0.5, 0.6) is 0 Å². The van der Waals surface area contributed by atoms with Crippen molar-refractivity contribution < 1.29 is 0 Å². The van der Waals surface area contributed by atoms with Crippen molar-refractivity contribution in [3.63, 3.8) is 0 Å². The largest absolute Gasteiger partial charge is 0.291 e. The Morgan fingerprint density at radius 2 is 2.07 bits per heavy atom. The summed E-state index contributed by atoms with van der Waals surface area (Å²) in [5, 5.41) is 0. The first kappa shape index (κ1) is 10.1. The fraction of sp³-hybridized carbons (Fsp3) is 0.500. The van der Waals surface area contributed by atoms with Gasteiger partial charge in [-0.15, -0.1) is 0 Å². The van der Waals surface area contributed by atoms with Gasteiger partial charge < -0.3 is 0 Å². The Hall–Kier alpha value is -1.38. The van der Waals surface area contributed by atoms with Gasteiger partial charge in [0, 0.05) is 24.3 Å². The Bertz CT molecular complexity index is 477. The van der Waals surface area contributed by atoms with Crippen molar-refractivity contribution in [3.05, 3.63) is 29.8 Å². The number of hydrogen-bond acceptors (Lipinski definition) is 2. The molecule has 3 heteroatoms. The number of aromatic nitrogens is 3. The molecule has 0 saturated heterocycles.